The quantitative estimate of drug-likeness (QED) is 0.0261. The number of aliphatic hydroxyl groups excluding tert-OH is 5. The second kappa shape index (κ2) is 64.6. The molecular formula is C77H133NO8. The summed E-state index contributed by atoms with van der Waals surface area (Å²) in [4.78, 5) is 13.1. The van der Waals surface area contributed by atoms with Crippen LogP contribution in [0.4, 0.5) is 0 Å². The zero-order valence-electron chi connectivity index (χ0n) is 55.3. The molecule has 86 heavy (non-hydrogen) atoms. The highest BCUT2D eigenvalue weighted by Gasteiger charge is 2.44. The van der Waals surface area contributed by atoms with E-state index in [1.165, 1.54) is 167 Å². The van der Waals surface area contributed by atoms with Crippen molar-refractivity contribution in [3.8, 4) is 0 Å². The van der Waals surface area contributed by atoms with Crippen LogP contribution in [-0.2, 0) is 14.3 Å². The topological polar surface area (TPSA) is 149 Å². The number of allylic oxidation sites excluding steroid dienone is 19. The van der Waals surface area contributed by atoms with E-state index in [0.717, 1.165) is 116 Å². The molecule has 1 amide bonds. The number of hydrogen-bond acceptors (Lipinski definition) is 8. The lowest BCUT2D eigenvalue weighted by Crippen LogP contribution is -2.60. The number of hydrogen-bond donors (Lipinski definition) is 6. The van der Waals surface area contributed by atoms with E-state index in [-0.39, 0.29) is 12.5 Å². The molecule has 1 fully saturated rings. The Morgan fingerprint density at radius 3 is 1.07 bits per heavy atom. The van der Waals surface area contributed by atoms with Crippen LogP contribution in [0, 0.1) is 0 Å². The number of ether oxygens (including phenoxy) is 2. The number of nitrogens with one attached hydrogen (secondary N) is 1. The molecule has 7 atom stereocenters. The molecule has 9 heteroatoms. The standard InChI is InChI=1S/C77H133NO8/c1-3-5-7-9-11-13-15-17-19-21-23-25-27-29-31-33-35-36-37-39-41-43-45-47-49-51-53-55-57-59-61-63-65-67-73(81)78-70(69-85-77-76(84)75(83)74(82)72(68-79)86-77)71(80)66-64-62-60-58-56-54-52-50-48-46-44-42-40-38-34-32-30-28-26-24-22-20-18-16-14-12-10-8-6-4-2/h5,7,11,13,17,19,23,25,29,31,35-36,39,41,45,47,51,53,64,66,70-72,74-77,79-80,82-84H,3-4,6,8-10,12,14-16,18,20-22,24,26-28,30,32-34,37-38,40,42-44,46,48-50,52,54-63,65,67-69H2,1-2H3,(H,78,81)/b7-5-,13-11-,19-17-,25-23-,31-29-,36-35-,41-39-,47-45-,53-51-,66-64+. The van der Waals surface area contributed by atoms with Gasteiger partial charge in [-0.25, -0.2) is 0 Å². The minimum absolute atomic E-state index is 0.197. The SMILES string of the molecule is CC/C=C\C/C=C\C/C=C\C/C=C\C/C=C\C/C=C\C/C=C\C/C=C\C/C=C\CCCCCCCC(=O)NC(COC1OC(CO)C(O)C(O)C1O)C(O)/C=C/CCCCCCCCCCCCCCCCCCCCCCCCCCCCCC. The molecule has 1 heterocycles. The van der Waals surface area contributed by atoms with Gasteiger partial charge < -0.3 is 40.3 Å². The van der Waals surface area contributed by atoms with Gasteiger partial charge in [0.25, 0.3) is 0 Å². The average Bonchev–Trinajstić information content (AvgIpc) is 2.60. The zero-order chi connectivity index (χ0) is 62.1. The monoisotopic (exact) mass is 1200 g/mol. The van der Waals surface area contributed by atoms with Crippen LogP contribution in [0.25, 0.3) is 0 Å². The molecule has 0 aliphatic carbocycles. The Morgan fingerprint density at radius 1 is 0.407 bits per heavy atom. The minimum Gasteiger partial charge on any atom is -0.394 e. The Bertz CT molecular complexity index is 1780. The van der Waals surface area contributed by atoms with Crippen LogP contribution >= 0.6 is 0 Å². The lowest BCUT2D eigenvalue weighted by molar-refractivity contribution is -0.302. The molecule has 0 spiro atoms. The molecule has 0 radical (unpaired) electrons. The van der Waals surface area contributed by atoms with Gasteiger partial charge in [-0.3, -0.25) is 4.79 Å². The van der Waals surface area contributed by atoms with Crippen molar-refractivity contribution in [1.29, 1.82) is 0 Å². The van der Waals surface area contributed by atoms with Gasteiger partial charge in [-0.15, -0.1) is 0 Å². The van der Waals surface area contributed by atoms with Crippen molar-refractivity contribution in [2.24, 2.45) is 0 Å². The van der Waals surface area contributed by atoms with Crippen LogP contribution in [0.1, 0.15) is 303 Å². The maximum absolute atomic E-state index is 13.1. The van der Waals surface area contributed by atoms with Crippen molar-refractivity contribution < 1.29 is 39.8 Å². The predicted octanol–water partition coefficient (Wildman–Crippen LogP) is 19.8. The lowest BCUT2D eigenvalue weighted by Gasteiger charge is -2.40. The van der Waals surface area contributed by atoms with Gasteiger partial charge in [0, 0.05) is 6.42 Å². The van der Waals surface area contributed by atoms with Crippen molar-refractivity contribution in [2.45, 2.75) is 346 Å². The highest BCUT2D eigenvalue weighted by Crippen LogP contribution is 2.23. The van der Waals surface area contributed by atoms with Crippen LogP contribution in [-0.4, -0.2) is 87.5 Å². The number of amides is 1. The van der Waals surface area contributed by atoms with Gasteiger partial charge in [0.05, 0.1) is 25.4 Å². The zero-order valence-corrected chi connectivity index (χ0v) is 55.3. The van der Waals surface area contributed by atoms with Crippen LogP contribution < -0.4 is 5.32 Å². The summed E-state index contributed by atoms with van der Waals surface area (Å²) in [7, 11) is 0. The lowest BCUT2D eigenvalue weighted by atomic mass is 9.99. The fraction of sp³-hybridized carbons (Fsp3) is 0.727. The first kappa shape index (κ1) is 80.6. The number of carbonyl (C=O) groups is 1. The number of rotatable bonds is 61. The Hall–Kier alpha value is -3.41. The maximum atomic E-state index is 13.1. The summed E-state index contributed by atoms with van der Waals surface area (Å²) in [5.74, 6) is -0.197. The van der Waals surface area contributed by atoms with E-state index in [1.54, 1.807) is 6.08 Å². The van der Waals surface area contributed by atoms with Gasteiger partial charge in [-0.2, -0.15) is 0 Å². The molecule has 1 aliphatic heterocycles. The first-order valence-electron chi connectivity index (χ1n) is 35.8. The van der Waals surface area contributed by atoms with Crippen LogP contribution in [0.5, 0.6) is 0 Å². The molecule has 0 aromatic heterocycles. The van der Waals surface area contributed by atoms with Crippen molar-refractivity contribution in [3.05, 3.63) is 122 Å². The van der Waals surface area contributed by atoms with E-state index < -0.39 is 49.5 Å². The molecule has 494 valence electrons. The molecule has 1 rings (SSSR count). The third kappa shape index (κ3) is 52.5. The fourth-order valence-corrected chi connectivity index (χ4v) is 10.7. The van der Waals surface area contributed by atoms with E-state index in [0.29, 0.717) is 6.42 Å². The second-order valence-corrected chi connectivity index (χ2v) is 24.3. The van der Waals surface area contributed by atoms with Gasteiger partial charge in [0.15, 0.2) is 6.29 Å². The van der Waals surface area contributed by atoms with Crippen LogP contribution in [0.3, 0.4) is 0 Å². The summed E-state index contributed by atoms with van der Waals surface area (Å²) >= 11 is 0. The van der Waals surface area contributed by atoms with Crippen molar-refractivity contribution in [3.63, 3.8) is 0 Å². The van der Waals surface area contributed by atoms with Crippen molar-refractivity contribution in [2.75, 3.05) is 13.2 Å². The summed E-state index contributed by atoms with van der Waals surface area (Å²) in [6.45, 7) is 3.68. The van der Waals surface area contributed by atoms with E-state index in [9.17, 15) is 30.3 Å². The maximum Gasteiger partial charge on any atom is 0.220 e. The molecule has 1 saturated heterocycles. The molecule has 0 aromatic carbocycles. The molecular weight excluding hydrogens is 1070 g/mol. The molecule has 0 aromatic rings. The molecule has 6 N–H and O–H groups in total. The van der Waals surface area contributed by atoms with E-state index in [2.05, 4.69) is 129 Å². The third-order valence-corrected chi connectivity index (χ3v) is 16.3. The molecule has 9 nitrogen and oxygen atoms in total. The third-order valence-electron chi connectivity index (χ3n) is 16.3. The van der Waals surface area contributed by atoms with Crippen molar-refractivity contribution >= 4 is 5.91 Å². The number of carbonyl (C=O) groups excluding carboxylic acids is 1. The van der Waals surface area contributed by atoms with Crippen LogP contribution in [0.2, 0.25) is 0 Å². The number of aliphatic hydroxyl groups is 5. The van der Waals surface area contributed by atoms with Gasteiger partial charge in [0.2, 0.25) is 5.91 Å². The molecule has 7 unspecified atom stereocenters. The molecule has 0 bridgehead atoms. The smallest absolute Gasteiger partial charge is 0.220 e. The first-order valence-corrected chi connectivity index (χ1v) is 35.8. The van der Waals surface area contributed by atoms with E-state index in [4.69, 9.17) is 9.47 Å². The normalized spacial score (nSPS) is 18.8. The summed E-state index contributed by atoms with van der Waals surface area (Å²) in [5, 5.41) is 54.8. The highest BCUT2D eigenvalue weighted by molar-refractivity contribution is 5.76. The summed E-state index contributed by atoms with van der Waals surface area (Å²) in [6, 6.07) is -0.827. The average molecular weight is 1200 g/mol. The van der Waals surface area contributed by atoms with Crippen LogP contribution in [0.15, 0.2) is 122 Å². The Morgan fingerprint density at radius 2 is 0.721 bits per heavy atom. The predicted molar refractivity (Wildman–Crippen MR) is 368 cm³/mol. The van der Waals surface area contributed by atoms with Gasteiger partial charge in [-0.05, 0) is 89.9 Å². The first-order chi connectivity index (χ1) is 42.3. The summed E-state index contributed by atoms with van der Waals surface area (Å²) < 4.78 is 11.3. The largest absolute Gasteiger partial charge is 0.394 e. The summed E-state index contributed by atoms with van der Waals surface area (Å²) in [5.41, 5.74) is 0. The fourth-order valence-electron chi connectivity index (χ4n) is 10.7. The number of unbranched alkanes of at least 4 members (excludes halogenated alkanes) is 33. The Balaban J connectivity index is 2.18. The van der Waals surface area contributed by atoms with Gasteiger partial charge in [-0.1, -0.05) is 328 Å². The van der Waals surface area contributed by atoms with Gasteiger partial charge >= 0.3 is 0 Å². The van der Waals surface area contributed by atoms with Gasteiger partial charge in [0.1, 0.15) is 24.4 Å². The minimum atomic E-state index is -1.58. The van der Waals surface area contributed by atoms with Crippen molar-refractivity contribution in [1.82, 2.24) is 5.32 Å². The molecule has 1 aliphatic rings. The van der Waals surface area contributed by atoms with E-state index >= 15 is 0 Å². The molecule has 0 saturated carbocycles. The Kier molecular flexibility index (Phi) is 60.5. The second-order valence-electron chi connectivity index (χ2n) is 24.3. The summed E-state index contributed by atoms with van der Waals surface area (Å²) in [6.07, 6.45) is 90.1. The van der Waals surface area contributed by atoms with E-state index in [1.807, 2.05) is 6.08 Å². The highest BCUT2D eigenvalue weighted by atomic mass is 16.7. The Labute approximate surface area is 528 Å².